The van der Waals surface area contributed by atoms with Crippen LogP contribution in [0.1, 0.15) is 27.9 Å². The summed E-state index contributed by atoms with van der Waals surface area (Å²) in [6.45, 7) is -0.0469. The third kappa shape index (κ3) is 4.96. The number of carbonyl (C=O) groups excluding carboxylic acids is 2. The van der Waals surface area contributed by atoms with Crippen molar-refractivity contribution in [1.82, 2.24) is 0 Å². The molecule has 0 amide bonds. The Hall–Kier alpha value is -2.94. The van der Waals surface area contributed by atoms with Crippen LogP contribution >= 0.6 is 0 Å². The summed E-state index contributed by atoms with van der Waals surface area (Å²) < 4.78 is 48.7. The van der Waals surface area contributed by atoms with Gasteiger partial charge >= 0.3 is 5.97 Å². The van der Waals surface area contributed by atoms with E-state index in [9.17, 15) is 22.4 Å². The number of hydrogen-bond donors (Lipinski definition) is 0. The molecule has 9 heteroatoms. The van der Waals surface area contributed by atoms with Crippen LogP contribution in [0.4, 0.5) is 10.1 Å². The lowest BCUT2D eigenvalue weighted by Gasteiger charge is -2.29. The maximum absolute atomic E-state index is 13.7. The lowest BCUT2D eigenvalue weighted by Crippen LogP contribution is -2.34. The van der Waals surface area contributed by atoms with Gasteiger partial charge in [0.1, 0.15) is 0 Å². The summed E-state index contributed by atoms with van der Waals surface area (Å²) in [5.41, 5.74) is 2.07. The maximum atomic E-state index is 13.7. The molecule has 0 N–H and O–H groups in total. The first kappa shape index (κ1) is 21.8. The van der Waals surface area contributed by atoms with Gasteiger partial charge in [0.25, 0.3) is 0 Å². The minimum atomic E-state index is -3.39. The number of benzene rings is 2. The van der Waals surface area contributed by atoms with Crippen molar-refractivity contribution in [3.05, 3.63) is 58.9 Å². The average Bonchev–Trinajstić information content (AvgIpc) is 2.70. The number of rotatable bonds is 7. The molecule has 0 saturated carbocycles. The number of ketones is 1. The normalized spacial score (nSPS) is 13.5. The number of Topliss-reactive ketones (excluding diaryl/α,β-unsaturated/α-hetero) is 1. The standard InChI is InChI=1S/C21H22FNO6S/c1-28-20-8-5-14(10-17(20)22)11-21(25)29-13-19(24)16-6-7-18-15(12-16)4-3-9-23(18)30(2,26)27/h5-8,10,12H,3-4,9,11,13H2,1-2H3. The summed E-state index contributed by atoms with van der Waals surface area (Å²) in [5.74, 6) is -1.57. The highest BCUT2D eigenvalue weighted by Gasteiger charge is 2.25. The highest BCUT2D eigenvalue weighted by Crippen LogP contribution is 2.30. The summed E-state index contributed by atoms with van der Waals surface area (Å²) in [5, 5.41) is 0. The fraction of sp³-hybridized carbons (Fsp3) is 0.333. The first-order chi connectivity index (χ1) is 14.2. The molecule has 3 rings (SSSR count). The van der Waals surface area contributed by atoms with Gasteiger partial charge in [-0.2, -0.15) is 0 Å². The number of sulfonamides is 1. The molecule has 7 nitrogen and oxygen atoms in total. The van der Waals surface area contributed by atoms with Crippen molar-refractivity contribution in [1.29, 1.82) is 0 Å². The molecule has 160 valence electrons. The summed E-state index contributed by atoms with van der Waals surface area (Å²) >= 11 is 0. The molecule has 0 saturated heterocycles. The van der Waals surface area contributed by atoms with Crippen molar-refractivity contribution in [3.63, 3.8) is 0 Å². The molecule has 0 spiro atoms. The second kappa shape index (κ2) is 8.83. The van der Waals surface area contributed by atoms with E-state index in [0.717, 1.165) is 11.8 Å². The summed E-state index contributed by atoms with van der Waals surface area (Å²) in [4.78, 5) is 24.4. The van der Waals surface area contributed by atoms with Gasteiger partial charge in [-0.1, -0.05) is 6.07 Å². The molecule has 2 aromatic rings. The van der Waals surface area contributed by atoms with E-state index < -0.39 is 34.2 Å². The van der Waals surface area contributed by atoms with Crippen molar-refractivity contribution in [3.8, 4) is 5.75 Å². The van der Waals surface area contributed by atoms with E-state index >= 15 is 0 Å². The molecule has 0 bridgehead atoms. The van der Waals surface area contributed by atoms with Crippen molar-refractivity contribution in [2.24, 2.45) is 0 Å². The van der Waals surface area contributed by atoms with Crippen molar-refractivity contribution < 1.29 is 31.9 Å². The number of anilines is 1. The fourth-order valence-corrected chi connectivity index (χ4v) is 4.34. The van der Waals surface area contributed by atoms with Crippen LogP contribution in [0.2, 0.25) is 0 Å². The van der Waals surface area contributed by atoms with Gasteiger partial charge in [-0.25, -0.2) is 12.8 Å². The SMILES string of the molecule is COc1ccc(CC(=O)OCC(=O)c2ccc3c(c2)CCCN3S(C)(=O)=O)cc1F. The number of fused-ring (bicyclic) bond motifs is 1. The molecule has 0 unspecified atom stereocenters. The van der Waals surface area contributed by atoms with E-state index in [2.05, 4.69) is 0 Å². The number of carbonyl (C=O) groups is 2. The van der Waals surface area contributed by atoms with Crippen LogP contribution in [0.25, 0.3) is 0 Å². The summed E-state index contributed by atoms with van der Waals surface area (Å²) in [6.07, 6.45) is 2.29. The molecule has 30 heavy (non-hydrogen) atoms. The Labute approximate surface area is 174 Å². The van der Waals surface area contributed by atoms with Crippen LogP contribution in [-0.2, 0) is 32.4 Å². The van der Waals surface area contributed by atoms with Crippen molar-refractivity contribution >= 4 is 27.5 Å². The van der Waals surface area contributed by atoms with Gasteiger partial charge in [-0.15, -0.1) is 0 Å². The highest BCUT2D eigenvalue weighted by atomic mass is 32.2. The van der Waals surface area contributed by atoms with Crippen LogP contribution < -0.4 is 9.04 Å². The molecular formula is C21H22FNO6S. The molecule has 0 aliphatic carbocycles. The van der Waals surface area contributed by atoms with Crippen LogP contribution in [0.15, 0.2) is 36.4 Å². The predicted molar refractivity (Wildman–Crippen MR) is 109 cm³/mol. The van der Waals surface area contributed by atoms with E-state index in [0.29, 0.717) is 36.2 Å². The second-order valence-corrected chi connectivity index (χ2v) is 8.92. The Morgan fingerprint density at radius 3 is 2.60 bits per heavy atom. The van der Waals surface area contributed by atoms with Gasteiger partial charge < -0.3 is 9.47 Å². The van der Waals surface area contributed by atoms with Gasteiger partial charge in [0.05, 0.1) is 25.5 Å². The van der Waals surface area contributed by atoms with Crippen LogP contribution in [0.3, 0.4) is 0 Å². The molecule has 0 radical (unpaired) electrons. The van der Waals surface area contributed by atoms with Gasteiger partial charge in [0.2, 0.25) is 10.0 Å². The van der Waals surface area contributed by atoms with Crippen LogP contribution in [0.5, 0.6) is 5.75 Å². The Balaban J connectivity index is 1.62. The quantitative estimate of drug-likeness (QED) is 0.490. The third-order valence-corrected chi connectivity index (χ3v) is 5.99. The monoisotopic (exact) mass is 435 g/mol. The third-order valence-electron chi connectivity index (χ3n) is 4.81. The average molecular weight is 435 g/mol. The zero-order valence-electron chi connectivity index (χ0n) is 16.7. The lowest BCUT2D eigenvalue weighted by molar-refractivity contribution is -0.141. The molecule has 0 fully saturated rings. The zero-order valence-corrected chi connectivity index (χ0v) is 17.5. The van der Waals surface area contributed by atoms with Crippen LogP contribution in [0, 0.1) is 5.82 Å². The predicted octanol–water partition coefficient (Wildman–Crippen LogP) is 2.52. The van der Waals surface area contributed by atoms with E-state index in [1.165, 1.54) is 29.6 Å². The summed E-state index contributed by atoms with van der Waals surface area (Å²) in [7, 11) is -2.04. The van der Waals surface area contributed by atoms with Crippen molar-refractivity contribution in [2.75, 3.05) is 30.8 Å². The first-order valence-electron chi connectivity index (χ1n) is 9.31. The van der Waals surface area contributed by atoms with E-state index in [4.69, 9.17) is 9.47 Å². The molecule has 1 aliphatic rings. The number of esters is 1. The van der Waals surface area contributed by atoms with Crippen molar-refractivity contribution in [2.45, 2.75) is 19.3 Å². The Kier molecular flexibility index (Phi) is 6.40. The topological polar surface area (TPSA) is 90.0 Å². The van der Waals surface area contributed by atoms with Crippen LogP contribution in [-0.4, -0.2) is 46.7 Å². The minimum absolute atomic E-state index is 0.0733. The Morgan fingerprint density at radius 1 is 1.17 bits per heavy atom. The number of hydrogen-bond acceptors (Lipinski definition) is 6. The largest absolute Gasteiger partial charge is 0.494 e. The Morgan fingerprint density at radius 2 is 1.93 bits per heavy atom. The maximum Gasteiger partial charge on any atom is 0.310 e. The van der Waals surface area contributed by atoms with E-state index in [1.54, 1.807) is 18.2 Å². The summed E-state index contributed by atoms with van der Waals surface area (Å²) in [6, 6.07) is 8.90. The molecule has 1 aliphatic heterocycles. The fourth-order valence-electron chi connectivity index (χ4n) is 3.35. The number of ether oxygens (including phenoxy) is 2. The highest BCUT2D eigenvalue weighted by molar-refractivity contribution is 7.92. The number of nitrogens with zero attached hydrogens (tertiary/aromatic N) is 1. The minimum Gasteiger partial charge on any atom is -0.494 e. The van der Waals surface area contributed by atoms with Gasteiger partial charge in [0, 0.05) is 12.1 Å². The van der Waals surface area contributed by atoms with Gasteiger partial charge in [-0.3, -0.25) is 13.9 Å². The number of methoxy groups -OCH3 is 1. The molecular weight excluding hydrogens is 413 g/mol. The molecule has 0 atom stereocenters. The Bertz CT molecular complexity index is 1080. The molecule has 1 heterocycles. The molecule has 2 aromatic carbocycles. The number of halogens is 1. The zero-order chi connectivity index (χ0) is 21.9. The lowest BCUT2D eigenvalue weighted by atomic mass is 9.99. The second-order valence-electron chi connectivity index (χ2n) is 7.01. The smallest absolute Gasteiger partial charge is 0.310 e. The van der Waals surface area contributed by atoms with E-state index in [-0.39, 0.29) is 12.2 Å². The van der Waals surface area contributed by atoms with E-state index in [1.807, 2.05) is 0 Å². The first-order valence-corrected chi connectivity index (χ1v) is 11.2. The number of aryl methyl sites for hydroxylation is 1. The van der Waals surface area contributed by atoms with Gasteiger partial charge in [-0.05, 0) is 54.3 Å². The van der Waals surface area contributed by atoms with Gasteiger partial charge in [0.15, 0.2) is 24.0 Å². The molecule has 0 aromatic heterocycles.